The van der Waals surface area contributed by atoms with Crippen LogP contribution in [-0.2, 0) is 11.4 Å². The molecule has 1 aromatic carbocycles. The van der Waals surface area contributed by atoms with Gasteiger partial charge in [-0.05, 0) is 51.8 Å². The van der Waals surface area contributed by atoms with Crippen molar-refractivity contribution in [2.24, 2.45) is 0 Å². The molecule has 5 heteroatoms. The lowest BCUT2D eigenvalue weighted by Gasteiger charge is -2.41. The van der Waals surface area contributed by atoms with Gasteiger partial charge in [-0.25, -0.2) is 0 Å². The second-order valence-electron chi connectivity index (χ2n) is 6.33. The number of carbonyl (C=O) groups excluding carboxylic acids is 1. The number of benzene rings is 1. The minimum absolute atomic E-state index is 0.0117. The Kier molecular flexibility index (Phi) is 4.66. The molecule has 1 aromatic rings. The smallest absolute Gasteiger partial charge is 0.270 e. The summed E-state index contributed by atoms with van der Waals surface area (Å²) in [6.45, 7) is 9.91. The Morgan fingerprint density at radius 1 is 1.36 bits per heavy atom. The molecule has 0 bridgehead atoms. The number of aliphatic hydroxyl groups excluding tert-OH is 1. The van der Waals surface area contributed by atoms with Crippen LogP contribution in [0.25, 0.3) is 0 Å². The van der Waals surface area contributed by atoms with E-state index < -0.39 is 5.60 Å². The molecule has 22 heavy (non-hydrogen) atoms. The quantitative estimate of drug-likeness (QED) is 0.908. The molecule has 5 nitrogen and oxygen atoms in total. The van der Waals surface area contributed by atoms with Crippen molar-refractivity contribution in [1.82, 2.24) is 0 Å². The zero-order valence-electron chi connectivity index (χ0n) is 14.0. The third-order valence-corrected chi connectivity index (χ3v) is 3.61. The maximum atomic E-state index is 12.7. The van der Waals surface area contributed by atoms with Gasteiger partial charge in [0.05, 0.1) is 18.9 Å². The summed E-state index contributed by atoms with van der Waals surface area (Å²) in [5.74, 6) is 1.06. The van der Waals surface area contributed by atoms with E-state index in [-0.39, 0.29) is 18.6 Å². The van der Waals surface area contributed by atoms with Gasteiger partial charge < -0.3 is 19.5 Å². The molecule has 0 radical (unpaired) electrons. The number of nitrogens with zero attached hydrogens (tertiary/aromatic N) is 1. The van der Waals surface area contributed by atoms with Crippen molar-refractivity contribution in [2.45, 2.75) is 59.3 Å². The van der Waals surface area contributed by atoms with Crippen molar-refractivity contribution in [2.75, 3.05) is 11.5 Å². The second-order valence-corrected chi connectivity index (χ2v) is 6.33. The van der Waals surface area contributed by atoms with E-state index in [0.717, 1.165) is 6.42 Å². The lowest BCUT2D eigenvalue weighted by Crippen LogP contribution is -2.54. The molecule has 0 spiro atoms. The van der Waals surface area contributed by atoms with Gasteiger partial charge in [0.1, 0.15) is 0 Å². The van der Waals surface area contributed by atoms with Crippen LogP contribution in [0.1, 0.15) is 46.6 Å². The van der Waals surface area contributed by atoms with Gasteiger partial charge in [-0.1, -0.05) is 6.92 Å². The molecule has 0 fully saturated rings. The molecule has 0 unspecified atom stereocenters. The van der Waals surface area contributed by atoms with Crippen LogP contribution >= 0.6 is 0 Å². The van der Waals surface area contributed by atoms with Crippen molar-refractivity contribution in [3.8, 4) is 11.5 Å². The summed E-state index contributed by atoms with van der Waals surface area (Å²) in [5.41, 5.74) is 0.422. The Balaban J connectivity index is 2.61. The van der Waals surface area contributed by atoms with Crippen LogP contribution in [-0.4, -0.2) is 29.3 Å². The lowest BCUT2D eigenvalue weighted by atomic mass is 10.0. The van der Waals surface area contributed by atoms with Gasteiger partial charge >= 0.3 is 0 Å². The molecule has 0 atom stereocenters. The predicted molar refractivity (Wildman–Crippen MR) is 85.5 cm³/mol. The first kappa shape index (κ1) is 16.6. The van der Waals surface area contributed by atoms with E-state index in [1.54, 1.807) is 30.9 Å². The van der Waals surface area contributed by atoms with Crippen LogP contribution in [0, 0.1) is 0 Å². The molecule has 0 aliphatic carbocycles. The minimum Gasteiger partial charge on any atom is -0.490 e. The molecule has 1 heterocycles. The van der Waals surface area contributed by atoms with Gasteiger partial charge in [-0.2, -0.15) is 0 Å². The zero-order valence-corrected chi connectivity index (χ0v) is 14.0. The molecular weight excluding hydrogens is 282 g/mol. The summed E-state index contributed by atoms with van der Waals surface area (Å²) in [6.07, 6.45) is 0.869. The molecule has 0 saturated heterocycles. The number of amides is 1. The number of fused-ring (bicyclic) bond motifs is 1. The number of anilines is 1. The SMILES string of the molecule is CCCOc1cc(CO)cc2c1OC(C)(C)C(=O)N2C(C)C. The van der Waals surface area contributed by atoms with Crippen molar-refractivity contribution in [3.05, 3.63) is 17.7 Å². The summed E-state index contributed by atoms with van der Waals surface area (Å²) in [7, 11) is 0. The molecular formula is C17H25NO4. The summed E-state index contributed by atoms with van der Waals surface area (Å²) < 4.78 is 11.7. The van der Waals surface area contributed by atoms with Crippen molar-refractivity contribution >= 4 is 11.6 Å². The molecule has 1 aliphatic rings. The number of hydrogen-bond donors (Lipinski definition) is 1. The zero-order chi connectivity index (χ0) is 16.5. The van der Waals surface area contributed by atoms with Crippen LogP contribution in [0.5, 0.6) is 11.5 Å². The first-order chi connectivity index (χ1) is 10.3. The summed E-state index contributed by atoms with van der Waals surface area (Å²) in [4.78, 5) is 14.4. The Morgan fingerprint density at radius 3 is 2.59 bits per heavy atom. The van der Waals surface area contributed by atoms with Crippen molar-refractivity contribution in [1.29, 1.82) is 0 Å². The number of aliphatic hydroxyl groups is 1. The Morgan fingerprint density at radius 2 is 2.05 bits per heavy atom. The molecule has 1 amide bonds. The highest BCUT2D eigenvalue weighted by molar-refractivity contribution is 6.03. The summed E-state index contributed by atoms with van der Waals surface area (Å²) >= 11 is 0. The summed E-state index contributed by atoms with van der Waals surface area (Å²) in [5, 5.41) is 9.48. The standard InChI is InChI=1S/C17H25NO4/c1-6-7-21-14-9-12(10-19)8-13-15(14)22-17(4,5)16(20)18(13)11(2)3/h8-9,11,19H,6-7,10H2,1-5H3. The molecule has 0 saturated carbocycles. The lowest BCUT2D eigenvalue weighted by molar-refractivity contribution is -0.133. The van der Waals surface area contributed by atoms with Crippen LogP contribution in [0.2, 0.25) is 0 Å². The van der Waals surface area contributed by atoms with E-state index in [0.29, 0.717) is 29.4 Å². The maximum absolute atomic E-state index is 12.7. The highest BCUT2D eigenvalue weighted by Gasteiger charge is 2.43. The van der Waals surface area contributed by atoms with E-state index in [1.165, 1.54) is 0 Å². The third kappa shape index (κ3) is 2.90. The highest BCUT2D eigenvalue weighted by Crippen LogP contribution is 2.46. The molecule has 2 rings (SSSR count). The monoisotopic (exact) mass is 307 g/mol. The normalized spacial score (nSPS) is 16.5. The van der Waals surface area contributed by atoms with E-state index in [9.17, 15) is 9.90 Å². The van der Waals surface area contributed by atoms with Gasteiger partial charge in [0.2, 0.25) is 0 Å². The first-order valence-corrected chi connectivity index (χ1v) is 7.75. The van der Waals surface area contributed by atoms with Crippen LogP contribution in [0.4, 0.5) is 5.69 Å². The van der Waals surface area contributed by atoms with Crippen molar-refractivity contribution < 1.29 is 19.4 Å². The molecule has 0 aromatic heterocycles. The summed E-state index contributed by atoms with van der Waals surface area (Å²) in [6, 6.07) is 3.56. The minimum atomic E-state index is -0.942. The van der Waals surface area contributed by atoms with Gasteiger partial charge in [-0.15, -0.1) is 0 Å². The fourth-order valence-electron chi connectivity index (χ4n) is 2.55. The Bertz CT molecular complexity index is 566. The van der Waals surface area contributed by atoms with Crippen molar-refractivity contribution in [3.63, 3.8) is 0 Å². The Hall–Kier alpha value is -1.75. The fourth-order valence-corrected chi connectivity index (χ4v) is 2.55. The second kappa shape index (κ2) is 6.16. The average Bonchev–Trinajstić information content (AvgIpc) is 2.45. The Labute approximate surface area is 131 Å². The number of rotatable bonds is 5. The predicted octanol–water partition coefficient (Wildman–Crippen LogP) is 2.88. The van der Waals surface area contributed by atoms with Gasteiger partial charge in [0.15, 0.2) is 17.1 Å². The number of hydrogen-bond acceptors (Lipinski definition) is 4. The largest absolute Gasteiger partial charge is 0.490 e. The third-order valence-electron chi connectivity index (χ3n) is 3.61. The van der Waals surface area contributed by atoms with Gasteiger partial charge in [-0.3, -0.25) is 4.79 Å². The molecule has 1 aliphatic heterocycles. The van der Waals surface area contributed by atoms with Gasteiger partial charge in [0, 0.05) is 6.04 Å². The van der Waals surface area contributed by atoms with E-state index in [2.05, 4.69) is 0 Å². The topological polar surface area (TPSA) is 59.0 Å². The highest BCUT2D eigenvalue weighted by atomic mass is 16.5. The first-order valence-electron chi connectivity index (χ1n) is 7.75. The van der Waals surface area contributed by atoms with E-state index >= 15 is 0 Å². The fraction of sp³-hybridized carbons (Fsp3) is 0.588. The van der Waals surface area contributed by atoms with Crippen LogP contribution in [0.15, 0.2) is 12.1 Å². The van der Waals surface area contributed by atoms with Crippen LogP contribution in [0.3, 0.4) is 0 Å². The average molecular weight is 307 g/mol. The molecule has 122 valence electrons. The number of carbonyl (C=O) groups is 1. The number of ether oxygens (including phenoxy) is 2. The maximum Gasteiger partial charge on any atom is 0.270 e. The van der Waals surface area contributed by atoms with Crippen LogP contribution < -0.4 is 14.4 Å². The van der Waals surface area contributed by atoms with E-state index in [1.807, 2.05) is 20.8 Å². The molecule has 1 N–H and O–H groups in total. The van der Waals surface area contributed by atoms with E-state index in [4.69, 9.17) is 9.47 Å². The van der Waals surface area contributed by atoms with Gasteiger partial charge in [0.25, 0.3) is 5.91 Å².